The summed E-state index contributed by atoms with van der Waals surface area (Å²) < 4.78 is 44.6. The Morgan fingerprint density at radius 3 is 2.75 bits per heavy atom. The normalized spacial score (nSPS) is 11.9. The van der Waals surface area contributed by atoms with Gasteiger partial charge < -0.3 is 9.30 Å². The van der Waals surface area contributed by atoms with Gasteiger partial charge in [-0.3, -0.25) is 0 Å². The molecular formula is C15H12F3N3O2S. The summed E-state index contributed by atoms with van der Waals surface area (Å²) in [5, 5.41) is 2.25. The maximum absolute atomic E-state index is 12.8. The molecular weight excluding hydrogens is 343 g/mol. The van der Waals surface area contributed by atoms with Crippen molar-refractivity contribution in [2.24, 2.45) is 7.05 Å². The lowest BCUT2D eigenvalue weighted by Crippen LogP contribution is -2.07. The molecule has 0 aliphatic rings. The van der Waals surface area contributed by atoms with E-state index in [4.69, 9.17) is 0 Å². The van der Waals surface area contributed by atoms with Crippen LogP contribution in [0.1, 0.15) is 26.9 Å². The van der Waals surface area contributed by atoms with Crippen LogP contribution < -0.4 is 0 Å². The van der Waals surface area contributed by atoms with Gasteiger partial charge in [0.2, 0.25) is 0 Å². The summed E-state index contributed by atoms with van der Waals surface area (Å²) >= 11 is 1.29. The molecule has 3 aromatic rings. The van der Waals surface area contributed by atoms with Crippen LogP contribution in [0.2, 0.25) is 0 Å². The Kier molecular flexibility index (Phi) is 4.04. The number of ether oxygens (including phenoxy) is 1. The number of hydrogen-bond acceptors (Lipinski definition) is 5. The lowest BCUT2D eigenvalue weighted by atomic mass is 10.3. The first-order valence-corrected chi connectivity index (χ1v) is 7.73. The molecule has 0 radical (unpaired) electrons. The van der Waals surface area contributed by atoms with Gasteiger partial charge in [0.1, 0.15) is 5.69 Å². The summed E-state index contributed by atoms with van der Waals surface area (Å²) in [7, 11) is 3.02. The Morgan fingerprint density at radius 1 is 1.33 bits per heavy atom. The van der Waals surface area contributed by atoms with E-state index in [0.29, 0.717) is 16.9 Å². The number of carbonyl (C=O) groups is 1. The van der Waals surface area contributed by atoms with Gasteiger partial charge in [-0.1, -0.05) is 0 Å². The van der Waals surface area contributed by atoms with Crippen molar-refractivity contribution in [1.82, 2.24) is 14.5 Å². The van der Waals surface area contributed by atoms with Gasteiger partial charge in [-0.25, -0.2) is 14.8 Å². The molecule has 5 nitrogen and oxygen atoms in total. The third-order valence-corrected chi connectivity index (χ3v) is 4.42. The van der Waals surface area contributed by atoms with Crippen molar-refractivity contribution < 1.29 is 22.7 Å². The molecule has 3 rings (SSSR count). The minimum atomic E-state index is -4.48. The van der Waals surface area contributed by atoms with Crippen LogP contribution in [0.15, 0.2) is 23.6 Å². The number of hydrogen-bond donors (Lipinski definition) is 0. The number of fused-ring (bicyclic) bond motifs is 1. The van der Waals surface area contributed by atoms with E-state index in [1.54, 1.807) is 23.1 Å². The van der Waals surface area contributed by atoms with E-state index in [0.717, 1.165) is 11.8 Å². The number of aryl methyl sites for hydroxylation is 1. The molecule has 0 amide bonds. The highest BCUT2D eigenvalue weighted by Gasteiger charge is 2.32. The molecule has 24 heavy (non-hydrogen) atoms. The minimum Gasteiger partial charge on any atom is -0.464 e. The second-order valence-corrected chi connectivity index (χ2v) is 6.03. The average molecular weight is 355 g/mol. The van der Waals surface area contributed by atoms with Crippen molar-refractivity contribution in [3.8, 4) is 0 Å². The fourth-order valence-corrected chi connectivity index (χ4v) is 3.12. The molecule has 0 aliphatic carbocycles. The first-order chi connectivity index (χ1) is 11.3. The van der Waals surface area contributed by atoms with E-state index in [9.17, 15) is 18.0 Å². The van der Waals surface area contributed by atoms with Crippen LogP contribution >= 0.6 is 11.3 Å². The zero-order chi connectivity index (χ0) is 17.5. The van der Waals surface area contributed by atoms with Crippen LogP contribution in [0.25, 0.3) is 11.0 Å². The molecule has 0 aromatic carbocycles. The fraction of sp³-hybridized carbons (Fsp3) is 0.267. The van der Waals surface area contributed by atoms with E-state index in [1.807, 2.05) is 0 Å². The second kappa shape index (κ2) is 5.90. The third-order valence-electron chi connectivity index (χ3n) is 3.57. The monoisotopic (exact) mass is 355 g/mol. The molecule has 0 aliphatic heterocycles. The highest BCUT2D eigenvalue weighted by molar-refractivity contribution is 7.09. The summed E-state index contributed by atoms with van der Waals surface area (Å²) in [5.74, 6) is -0.522. The molecule has 126 valence electrons. The Morgan fingerprint density at radius 2 is 2.08 bits per heavy atom. The molecule has 0 spiro atoms. The predicted molar refractivity (Wildman–Crippen MR) is 82.0 cm³/mol. The number of nitrogens with zero attached hydrogens (tertiary/aromatic N) is 3. The van der Waals surface area contributed by atoms with Crippen LogP contribution in [0.4, 0.5) is 13.2 Å². The van der Waals surface area contributed by atoms with Gasteiger partial charge in [-0.2, -0.15) is 13.2 Å². The largest absolute Gasteiger partial charge is 0.464 e. The minimum absolute atomic E-state index is 0.216. The van der Waals surface area contributed by atoms with Gasteiger partial charge in [0.25, 0.3) is 0 Å². The molecule has 0 saturated carbocycles. The number of halogens is 3. The van der Waals surface area contributed by atoms with Crippen LogP contribution in [0, 0.1) is 0 Å². The standard InChI is InChI=1S/C15H12F3N3O2S/c1-21-8(6-13-20-10(7-24-13)14(22)23-2)5-9-11(21)3-4-12(19-9)15(16,17)18/h3-5,7H,6H2,1-2H3. The third kappa shape index (κ3) is 2.99. The highest BCUT2D eigenvalue weighted by atomic mass is 32.1. The van der Waals surface area contributed by atoms with Crippen LogP contribution in [0.3, 0.4) is 0 Å². The van der Waals surface area contributed by atoms with Crippen LogP contribution in [-0.2, 0) is 24.4 Å². The summed E-state index contributed by atoms with van der Waals surface area (Å²) in [4.78, 5) is 19.3. The van der Waals surface area contributed by atoms with Crippen LogP contribution in [0.5, 0.6) is 0 Å². The maximum atomic E-state index is 12.8. The number of thiazole rings is 1. The van der Waals surface area contributed by atoms with Crippen molar-refractivity contribution in [3.05, 3.63) is 45.7 Å². The molecule has 3 heterocycles. The quantitative estimate of drug-likeness (QED) is 0.676. The molecule has 0 atom stereocenters. The predicted octanol–water partition coefficient (Wildman–Crippen LogP) is 3.43. The van der Waals surface area contributed by atoms with Gasteiger partial charge in [-0.15, -0.1) is 11.3 Å². The van der Waals surface area contributed by atoms with Gasteiger partial charge >= 0.3 is 12.1 Å². The van der Waals surface area contributed by atoms with Crippen molar-refractivity contribution in [2.45, 2.75) is 12.6 Å². The van der Waals surface area contributed by atoms with Crippen molar-refractivity contribution >= 4 is 28.3 Å². The first-order valence-electron chi connectivity index (χ1n) is 6.85. The number of aromatic nitrogens is 3. The number of pyridine rings is 1. The Bertz CT molecular complexity index is 914. The van der Waals surface area contributed by atoms with Gasteiger partial charge in [0.05, 0.1) is 23.2 Å². The lowest BCUT2D eigenvalue weighted by Gasteiger charge is -2.05. The number of methoxy groups -OCH3 is 1. The first kappa shape index (κ1) is 16.4. The van der Waals surface area contributed by atoms with Crippen molar-refractivity contribution in [2.75, 3.05) is 7.11 Å². The summed E-state index contributed by atoms with van der Waals surface area (Å²) in [6, 6.07) is 3.96. The Balaban J connectivity index is 1.94. The smallest absolute Gasteiger partial charge is 0.433 e. The number of rotatable bonds is 3. The summed E-state index contributed by atoms with van der Waals surface area (Å²) in [6.07, 6.45) is -4.09. The van der Waals surface area contributed by atoms with E-state index < -0.39 is 17.8 Å². The zero-order valence-electron chi connectivity index (χ0n) is 12.7. The molecule has 0 bridgehead atoms. The molecule has 0 N–H and O–H groups in total. The van der Waals surface area contributed by atoms with E-state index in [1.165, 1.54) is 24.5 Å². The Hall–Kier alpha value is -2.42. The molecule has 9 heteroatoms. The van der Waals surface area contributed by atoms with Gasteiger partial charge in [0, 0.05) is 24.5 Å². The molecule has 0 unspecified atom stereocenters. The maximum Gasteiger partial charge on any atom is 0.433 e. The Labute approximate surface area is 138 Å². The second-order valence-electron chi connectivity index (χ2n) is 5.09. The number of alkyl halides is 3. The summed E-state index contributed by atoms with van der Waals surface area (Å²) in [5.41, 5.74) is 0.917. The number of carbonyl (C=O) groups excluding carboxylic acids is 1. The highest BCUT2D eigenvalue weighted by Crippen LogP contribution is 2.30. The summed E-state index contributed by atoms with van der Waals surface area (Å²) in [6.45, 7) is 0. The molecule has 3 aromatic heterocycles. The number of esters is 1. The van der Waals surface area contributed by atoms with E-state index in [2.05, 4.69) is 14.7 Å². The van der Waals surface area contributed by atoms with E-state index >= 15 is 0 Å². The topological polar surface area (TPSA) is 57.0 Å². The molecule has 0 fully saturated rings. The van der Waals surface area contributed by atoms with E-state index in [-0.39, 0.29) is 11.2 Å². The average Bonchev–Trinajstić information content (AvgIpc) is 3.11. The fourth-order valence-electron chi connectivity index (χ4n) is 2.34. The van der Waals surface area contributed by atoms with Crippen molar-refractivity contribution in [3.63, 3.8) is 0 Å². The lowest BCUT2D eigenvalue weighted by molar-refractivity contribution is -0.140. The van der Waals surface area contributed by atoms with Crippen LogP contribution in [-0.4, -0.2) is 27.6 Å². The SMILES string of the molecule is COC(=O)c1csc(Cc2cc3nc(C(F)(F)F)ccc3n2C)n1. The van der Waals surface area contributed by atoms with Gasteiger partial charge in [-0.05, 0) is 18.2 Å². The molecule has 0 saturated heterocycles. The van der Waals surface area contributed by atoms with Crippen molar-refractivity contribution in [1.29, 1.82) is 0 Å². The zero-order valence-corrected chi connectivity index (χ0v) is 13.5. The van der Waals surface area contributed by atoms with Gasteiger partial charge in [0.15, 0.2) is 5.69 Å².